The summed E-state index contributed by atoms with van der Waals surface area (Å²) in [5, 5.41) is 2.02. The van der Waals surface area contributed by atoms with Gasteiger partial charge in [-0.15, -0.1) is 11.3 Å². The van der Waals surface area contributed by atoms with Crippen molar-refractivity contribution in [3.63, 3.8) is 0 Å². The zero-order valence-electron chi connectivity index (χ0n) is 14.5. The summed E-state index contributed by atoms with van der Waals surface area (Å²) in [6, 6.07) is 13.3. The lowest BCUT2D eigenvalue weighted by Crippen LogP contribution is -2.13. The number of aryl methyl sites for hydroxylation is 1. The number of ketones is 1. The molecule has 0 saturated carbocycles. The number of halogens is 1. The molecule has 0 unspecified atom stereocenters. The number of ether oxygens (including phenoxy) is 1. The van der Waals surface area contributed by atoms with Gasteiger partial charge in [-0.25, -0.2) is 4.79 Å². The first-order chi connectivity index (χ1) is 13.1. The van der Waals surface area contributed by atoms with Crippen LogP contribution in [0.3, 0.4) is 0 Å². The number of esters is 1. The van der Waals surface area contributed by atoms with Gasteiger partial charge in [0.05, 0.1) is 5.02 Å². The fourth-order valence-electron chi connectivity index (χ4n) is 3.16. The van der Waals surface area contributed by atoms with Gasteiger partial charge in [0.25, 0.3) is 0 Å². The number of hydrogen-bond acceptors (Lipinski definition) is 4. The minimum absolute atomic E-state index is 0.250. The molecule has 0 radical (unpaired) electrons. The summed E-state index contributed by atoms with van der Waals surface area (Å²) in [6.45, 7) is 1.74. The van der Waals surface area contributed by atoms with Crippen LogP contribution in [-0.4, -0.2) is 23.3 Å². The number of carbonyl (C=O) groups is 2. The molecule has 0 fully saturated rings. The van der Waals surface area contributed by atoms with E-state index in [9.17, 15) is 9.59 Å². The topological polar surface area (TPSA) is 59.2 Å². The van der Waals surface area contributed by atoms with Crippen molar-refractivity contribution in [1.29, 1.82) is 0 Å². The second-order valence-electron chi connectivity index (χ2n) is 6.14. The van der Waals surface area contributed by atoms with E-state index in [-0.39, 0.29) is 12.4 Å². The number of carbonyl (C=O) groups excluding carboxylic acids is 2. The Labute approximate surface area is 164 Å². The van der Waals surface area contributed by atoms with E-state index in [2.05, 4.69) is 11.9 Å². The van der Waals surface area contributed by atoms with Crippen LogP contribution in [-0.2, 0) is 11.2 Å². The molecule has 0 atom stereocenters. The molecule has 0 spiro atoms. The lowest BCUT2D eigenvalue weighted by molar-refractivity contribution is 0.0480. The van der Waals surface area contributed by atoms with Gasteiger partial charge in [-0.2, -0.15) is 0 Å². The van der Waals surface area contributed by atoms with Gasteiger partial charge >= 0.3 is 5.97 Å². The molecule has 4 aromatic rings. The number of rotatable bonds is 5. The molecule has 2 aromatic carbocycles. The molecule has 0 aliphatic heterocycles. The van der Waals surface area contributed by atoms with E-state index >= 15 is 0 Å². The van der Waals surface area contributed by atoms with Gasteiger partial charge in [0.2, 0.25) is 5.78 Å². The van der Waals surface area contributed by atoms with Crippen LogP contribution in [0.5, 0.6) is 0 Å². The van der Waals surface area contributed by atoms with E-state index in [1.807, 2.05) is 42.5 Å². The molecule has 6 heteroatoms. The van der Waals surface area contributed by atoms with Crippen molar-refractivity contribution < 1.29 is 14.3 Å². The summed E-state index contributed by atoms with van der Waals surface area (Å²) in [5.74, 6) is -0.830. The molecular weight excluding hydrogens is 382 g/mol. The highest BCUT2D eigenvalue weighted by Gasteiger charge is 2.20. The third-order valence-electron chi connectivity index (χ3n) is 4.54. The maximum absolute atomic E-state index is 12.6. The number of benzene rings is 2. The van der Waals surface area contributed by atoms with Crippen molar-refractivity contribution in [2.24, 2.45) is 0 Å². The number of H-pyrrole nitrogens is 1. The van der Waals surface area contributed by atoms with Crippen LogP contribution in [0, 0.1) is 0 Å². The Morgan fingerprint density at radius 1 is 1.11 bits per heavy atom. The van der Waals surface area contributed by atoms with Crippen molar-refractivity contribution in [2.45, 2.75) is 13.3 Å². The Balaban J connectivity index is 1.54. The Morgan fingerprint density at radius 3 is 2.67 bits per heavy atom. The van der Waals surface area contributed by atoms with E-state index in [1.165, 1.54) is 11.3 Å². The maximum atomic E-state index is 12.6. The number of aromatic amines is 1. The highest BCUT2D eigenvalue weighted by atomic mass is 35.5. The van der Waals surface area contributed by atoms with Crippen LogP contribution in [0.1, 0.15) is 32.5 Å². The molecule has 1 N–H and O–H groups in total. The van der Waals surface area contributed by atoms with Crippen molar-refractivity contribution in [3.05, 3.63) is 69.7 Å². The Morgan fingerprint density at radius 2 is 1.89 bits per heavy atom. The maximum Gasteiger partial charge on any atom is 0.350 e. The number of aromatic nitrogens is 1. The molecule has 0 amide bonds. The minimum atomic E-state index is -0.580. The summed E-state index contributed by atoms with van der Waals surface area (Å²) in [6.07, 6.45) is 2.54. The molecule has 0 aliphatic carbocycles. The van der Waals surface area contributed by atoms with E-state index in [1.54, 1.807) is 6.20 Å². The van der Waals surface area contributed by atoms with Gasteiger partial charge < -0.3 is 9.72 Å². The van der Waals surface area contributed by atoms with Crippen molar-refractivity contribution in [2.75, 3.05) is 6.61 Å². The second kappa shape index (κ2) is 7.18. The van der Waals surface area contributed by atoms with E-state index in [0.29, 0.717) is 15.5 Å². The molecule has 4 nitrogen and oxygen atoms in total. The number of hydrogen-bond donors (Lipinski definition) is 1. The largest absolute Gasteiger partial charge is 0.453 e. The van der Waals surface area contributed by atoms with Gasteiger partial charge in [-0.3, -0.25) is 4.79 Å². The van der Waals surface area contributed by atoms with Crippen LogP contribution < -0.4 is 0 Å². The highest BCUT2D eigenvalue weighted by Crippen LogP contribution is 2.35. The van der Waals surface area contributed by atoms with E-state index in [4.69, 9.17) is 16.3 Å². The second-order valence-corrected chi connectivity index (χ2v) is 7.57. The van der Waals surface area contributed by atoms with Crippen LogP contribution in [0.2, 0.25) is 5.02 Å². The number of nitrogens with one attached hydrogen (secondary N) is 1. The quantitative estimate of drug-likeness (QED) is 0.350. The molecule has 0 aliphatic rings. The highest BCUT2D eigenvalue weighted by molar-refractivity contribution is 7.21. The summed E-state index contributed by atoms with van der Waals surface area (Å²) < 4.78 is 6.16. The number of Topliss-reactive ketones (excluding diaryl/α,β-unsaturated/α-hetero) is 1. The third-order valence-corrected chi connectivity index (χ3v) is 6.19. The summed E-state index contributed by atoms with van der Waals surface area (Å²) in [5.41, 5.74) is 2.61. The summed E-state index contributed by atoms with van der Waals surface area (Å²) in [7, 11) is 0. The predicted octanol–water partition coefficient (Wildman–Crippen LogP) is 5.64. The molecule has 4 rings (SSSR count). The summed E-state index contributed by atoms with van der Waals surface area (Å²) in [4.78, 5) is 28.5. The molecule has 0 bridgehead atoms. The normalized spacial score (nSPS) is 11.2. The average molecular weight is 398 g/mol. The third kappa shape index (κ3) is 3.13. The Bertz CT molecular complexity index is 1170. The van der Waals surface area contributed by atoms with Crippen molar-refractivity contribution >= 4 is 55.7 Å². The lowest BCUT2D eigenvalue weighted by atomic mass is 10.1. The first-order valence-electron chi connectivity index (χ1n) is 8.56. The SMILES string of the molecule is CCc1cccc2c(C(=O)COC(=O)c3sc4ccccc4c3Cl)c[nH]c12. The molecule has 136 valence electrons. The van der Waals surface area contributed by atoms with Crippen molar-refractivity contribution in [3.8, 4) is 0 Å². The molecular formula is C21H16ClNO3S. The molecule has 2 aromatic heterocycles. The number of thiophene rings is 1. The van der Waals surface area contributed by atoms with Gasteiger partial charge in [-0.1, -0.05) is 54.9 Å². The van der Waals surface area contributed by atoms with Crippen molar-refractivity contribution in [1.82, 2.24) is 4.98 Å². The van der Waals surface area contributed by atoms with Crippen LogP contribution in [0.25, 0.3) is 21.0 Å². The number of para-hydroxylation sites is 1. The fraction of sp³-hybridized carbons (Fsp3) is 0.143. The molecule has 0 saturated heterocycles. The smallest absolute Gasteiger partial charge is 0.350 e. The molecule has 2 heterocycles. The van der Waals surface area contributed by atoms with Crippen LogP contribution >= 0.6 is 22.9 Å². The predicted molar refractivity (Wildman–Crippen MR) is 109 cm³/mol. The standard InChI is InChI=1S/C21H16ClNO3S/c1-2-12-6-5-8-13-15(10-23-19(12)13)16(24)11-26-21(25)20-18(22)14-7-3-4-9-17(14)27-20/h3-10,23H,2,11H2,1H3. The lowest BCUT2D eigenvalue weighted by Gasteiger charge is -2.03. The summed E-state index contributed by atoms with van der Waals surface area (Å²) >= 11 is 7.56. The monoisotopic (exact) mass is 397 g/mol. The van der Waals surface area contributed by atoms with Gasteiger partial charge in [-0.05, 0) is 18.1 Å². The minimum Gasteiger partial charge on any atom is -0.453 e. The van der Waals surface area contributed by atoms with E-state index in [0.717, 1.165) is 33.0 Å². The Kier molecular flexibility index (Phi) is 4.72. The Hall–Kier alpha value is -2.63. The zero-order chi connectivity index (χ0) is 19.0. The van der Waals surface area contributed by atoms with Crippen LogP contribution in [0.4, 0.5) is 0 Å². The van der Waals surface area contributed by atoms with Gasteiger partial charge in [0.1, 0.15) is 4.88 Å². The van der Waals surface area contributed by atoms with E-state index < -0.39 is 5.97 Å². The zero-order valence-corrected chi connectivity index (χ0v) is 16.1. The molecule has 27 heavy (non-hydrogen) atoms. The van der Waals surface area contributed by atoms with Crippen LogP contribution in [0.15, 0.2) is 48.7 Å². The van der Waals surface area contributed by atoms with Gasteiger partial charge in [0, 0.05) is 32.7 Å². The average Bonchev–Trinajstić information content (AvgIpc) is 3.27. The van der Waals surface area contributed by atoms with Gasteiger partial charge in [0.15, 0.2) is 6.61 Å². The first kappa shape index (κ1) is 17.8. The fourth-order valence-corrected chi connectivity index (χ4v) is 4.56. The first-order valence-corrected chi connectivity index (χ1v) is 9.76. The number of fused-ring (bicyclic) bond motifs is 2.